The average Bonchev–Trinajstić information content (AvgIpc) is 3.32. The highest BCUT2D eigenvalue weighted by Crippen LogP contribution is 2.33. The number of aromatic nitrogens is 2. The molecule has 1 fully saturated rings. The minimum atomic E-state index is -1.02. The maximum absolute atomic E-state index is 13.0. The lowest BCUT2D eigenvalue weighted by atomic mass is 9.92. The molecule has 1 aromatic heterocycles. The van der Waals surface area contributed by atoms with E-state index in [1.165, 1.54) is 0 Å². The standard InChI is InChI=1S/C23H25N3O3/c1-16-4-8-18(9-5-16)23(28)12-13-26(15-23)22(27)20-14-21(25(2)24-20)17-6-10-19(29-3)11-7-17/h4-11,14,28H,12-13,15H2,1-3H3. The average molecular weight is 391 g/mol. The van der Waals surface area contributed by atoms with Crippen molar-refractivity contribution in [1.82, 2.24) is 14.7 Å². The maximum atomic E-state index is 13.0. The normalized spacial score (nSPS) is 18.8. The predicted octanol–water partition coefficient (Wildman–Crippen LogP) is 3.14. The van der Waals surface area contributed by atoms with E-state index < -0.39 is 5.60 Å². The first kappa shape index (κ1) is 19.2. The first-order valence-electron chi connectivity index (χ1n) is 9.67. The van der Waals surface area contributed by atoms with Crippen LogP contribution in [0, 0.1) is 6.92 Å². The molecule has 4 rings (SSSR count). The van der Waals surface area contributed by atoms with Crippen LogP contribution in [0.5, 0.6) is 5.75 Å². The number of carbonyl (C=O) groups excluding carboxylic acids is 1. The molecule has 1 saturated heterocycles. The molecular formula is C23H25N3O3. The molecule has 29 heavy (non-hydrogen) atoms. The van der Waals surface area contributed by atoms with Crippen LogP contribution < -0.4 is 4.74 Å². The SMILES string of the molecule is COc1ccc(-c2cc(C(=O)N3CCC(O)(c4ccc(C)cc4)C3)nn2C)cc1. The number of methoxy groups -OCH3 is 1. The number of aryl methyl sites for hydroxylation is 2. The van der Waals surface area contributed by atoms with E-state index in [0.29, 0.717) is 18.7 Å². The lowest BCUT2D eigenvalue weighted by Crippen LogP contribution is -2.34. The molecule has 0 saturated carbocycles. The summed E-state index contributed by atoms with van der Waals surface area (Å²) >= 11 is 0. The minimum absolute atomic E-state index is 0.164. The Labute approximate surface area is 170 Å². The Kier molecular flexibility index (Phi) is 4.88. The third-order valence-corrected chi connectivity index (χ3v) is 5.61. The number of benzene rings is 2. The summed E-state index contributed by atoms with van der Waals surface area (Å²) in [6, 6.07) is 17.3. The fraction of sp³-hybridized carbons (Fsp3) is 0.304. The topological polar surface area (TPSA) is 67.6 Å². The predicted molar refractivity (Wildman–Crippen MR) is 111 cm³/mol. The van der Waals surface area contributed by atoms with Gasteiger partial charge in [0.25, 0.3) is 5.91 Å². The third kappa shape index (κ3) is 3.63. The van der Waals surface area contributed by atoms with Crippen molar-refractivity contribution in [2.75, 3.05) is 20.2 Å². The van der Waals surface area contributed by atoms with Crippen molar-refractivity contribution in [1.29, 1.82) is 0 Å². The van der Waals surface area contributed by atoms with Gasteiger partial charge in [-0.25, -0.2) is 0 Å². The van der Waals surface area contributed by atoms with Gasteiger partial charge in [-0.3, -0.25) is 9.48 Å². The summed E-state index contributed by atoms with van der Waals surface area (Å²) in [4.78, 5) is 14.7. The van der Waals surface area contributed by atoms with E-state index in [-0.39, 0.29) is 12.5 Å². The Morgan fingerprint density at radius 3 is 2.48 bits per heavy atom. The van der Waals surface area contributed by atoms with Gasteiger partial charge in [0, 0.05) is 19.2 Å². The highest BCUT2D eigenvalue weighted by Gasteiger charge is 2.40. The molecule has 1 atom stereocenters. The Bertz CT molecular complexity index is 1020. The van der Waals surface area contributed by atoms with Crippen LogP contribution in [0.4, 0.5) is 0 Å². The van der Waals surface area contributed by atoms with Gasteiger partial charge in [0.1, 0.15) is 11.4 Å². The first-order valence-corrected chi connectivity index (χ1v) is 9.67. The van der Waals surface area contributed by atoms with E-state index in [4.69, 9.17) is 4.74 Å². The zero-order valence-electron chi connectivity index (χ0n) is 16.9. The third-order valence-electron chi connectivity index (χ3n) is 5.61. The number of aliphatic hydroxyl groups is 1. The number of hydrogen-bond acceptors (Lipinski definition) is 4. The molecule has 0 radical (unpaired) electrons. The van der Waals surface area contributed by atoms with E-state index >= 15 is 0 Å². The van der Waals surface area contributed by atoms with Gasteiger partial charge in [-0.15, -0.1) is 0 Å². The molecule has 1 aliphatic rings. The van der Waals surface area contributed by atoms with Crippen LogP contribution in [0.2, 0.25) is 0 Å². The monoisotopic (exact) mass is 391 g/mol. The summed E-state index contributed by atoms with van der Waals surface area (Å²) in [7, 11) is 3.45. The van der Waals surface area contributed by atoms with E-state index in [1.54, 1.807) is 22.8 Å². The van der Waals surface area contributed by atoms with Gasteiger partial charge in [-0.1, -0.05) is 29.8 Å². The number of amides is 1. The summed E-state index contributed by atoms with van der Waals surface area (Å²) in [6.07, 6.45) is 0.514. The molecule has 0 spiro atoms. The first-order chi connectivity index (χ1) is 13.9. The van der Waals surface area contributed by atoms with Crippen molar-refractivity contribution in [3.05, 3.63) is 71.4 Å². The van der Waals surface area contributed by atoms with E-state index in [0.717, 1.165) is 28.1 Å². The maximum Gasteiger partial charge on any atom is 0.274 e. The molecule has 1 unspecified atom stereocenters. The van der Waals surface area contributed by atoms with Crippen LogP contribution in [0.25, 0.3) is 11.3 Å². The second-order valence-electron chi connectivity index (χ2n) is 7.64. The van der Waals surface area contributed by atoms with E-state index in [9.17, 15) is 9.90 Å². The summed E-state index contributed by atoms with van der Waals surface area (Å²) in [6.45, 7) is 2.78. The van der Waals surface area contributed by atoms with Gasteiger partial charge in [0.05, 0.1) is 19.3 Å². The zero-order valence-corrected chi connectivity index (χ0v) is 16.9. The lowest BCUT2D eigenvalue weighted by Gasteiger charge is -2.23. The van der Waals surface area contributed by atoms with Crippen LogP contribution in [-0.2, 0) is 12.6 Å². The molecule has 1 aliphatic heterocycles. The number of hydrogen-bond donors (Lipinski definition) is 1. The number of ether oxygens (including phenoxy) is 1. The van der Waals surface area contributed by atoms with Crippen molar-refractivity contribution in [2.24, 2.45) is 7.05 Å². The van der Waals surface area contributed by atoms with Crippen molar-refractivity contribution < 1.29 is 14.6 Å². The van der Waals surface area contributed by atoms with Crippen LogP contribution >= 0.6 is 0 Å². The smallest absolute Gasteiger partial charge is 0.274 e. The van der Waals surface area contributed by atoms with Crippen molar-refractivity contribution in [3.8, 4) is 17.0 Å². The molecule has 150 valence electrons. The van der Waals surface area contributed by atoms with Crippen molar-refractivity contribution in [3.63, 3.8) is 0 Å². The van der Waals surface area contributed by atoms with E-state index in [1.807, 2.05) is 62.5 Å². The molecular weight excluding hydrogens is 366 g/mol. The quantitative estimate of drug-likeness (QED) is 0.742. The van der Waals surface area contributed by atoms with Gasteiger partial charge in [0.2, 0.25) is 0 Å². The fourth-order valence-electron chi connectivity index (χ4n) is 3.83. The number of β-amino-alcohol motifs (C(OH)–C–C–N with tert-alkyl or cyclic N) is 1. The summed E-state index contributed by atoms with van der Waals surface area (Å²) < 4.78 is 6.91. The highest BCUT2D eigenvalue weighted by atomic mass is 16.5. The van der Waals surface area contributed by atoms with Crippen LogP contribution in [0.15, 0.2) is 54.6 Å². The second kappa shape index (κ2) is 7.37. The number of carbonyl (C=O) groups is 1. The lowest BCUT2D eigenvalue weighted by molar-refractivity contribution is 0.0415. The second-order valence-corrected chi connectivity index (χ2v) is 7.64. The molecule has 2 heterocycles. The highest BCUT2D eigenvalue weighted by molar-refractivity contribution is 5.93. The van der Waals surface area contributed by atoms with Crippen LogP contribution in [-0.4, -0.2) is 45.9 Å². The van der Waals surface area contributed by atoms with Crippen molar-refractivity contribution >= 4 is 5.91 Å². The zero-order chi connectivity index (χ0) is 20.6. The number of nitrogens with zero attached hydrogens (tertiary/aromatic N) is 3. The largest absolute Gasteiger partial charge is 0.497 e. The van der Waals surface area contributed by atoms with Gasteiger partial charge in [-0.05, 0) is 49.2 Å². The van der Waals surface area contributed by atoms with Gasteiger partial charge in [0.15, 0.2) is 5.69 Å². The number of likely N-dealkylation sites (tertiary alicyclic amines) is 1. The molecule has 6 nitrogen and oxygen atoms in total. The molecule has 1 N–H and O–H groups in total. The Morgan fingerprint density at radius 2 is 1.83 bits per heavy atom. The van der Waals surface area contributed by atoms with Crippen LogP contribution in [0.3, 0.4) is 0 Å². The van der Waals surface area contributed by atoms with Gasteiger partial charge in [-0.2, -0.15) is 5.10 Å². The Hall–Kier alpha value is -3.12. The van der Waals surface area contributed by atoms with Crippen molar-refractivity contribution in [2.45, 2.75) is 18.9 Å². The molecule has 0 bridgehead atoms. The summed E-state index contributed by atoms with van der Waals surface area (Å²) in [5.74, 6) is 0.614. The molecule has 3 aromatic rings. The summed E-state index contributed by atoms with van der Waals surface area (Å²) in [5.41, 5.74) is 3.16. The van der Waals surface area contributed by atoms with E-state index in [2.05, 4.69) is 5.10 Å². The minimum Gasteiger partial charge on any atom is -0.497 e. The Morgan fingerprint density at radius 1 is 1.14 bits per heavy atom. The molecule has 2 aromatic carbocycles. The summed E-state index contributed by atoms with van der Waals surface area (Å²) in [5, 5.41) is 15.5. The molecule has 1 amide bonds. The number of rotatable bonds is 4. The fourth-order valence-corrected chi connectivity index (χ4v) is 3.83. The van der Waals surface area contributed by atoms with Crippen LogP contribution in [0.1, 0.15) is 28.0 Å². The Balaban J connectivity index is 1.54. The van der Waals surface area contributed by atoms with Gasteiger partial charge < -0.3 is 14.7 Å². The van der Waals surface area contributed by atoms with Gasteiger partial charge >= 0.3 is 0 Å². The molecule has 6 heteroatoms. The molecule has 0 aliphatic carbocycles.